The molecule has 0 bridgehead atoms. The normalized spacial score (nSPS) is 9.67. The van der Waals surface area contributed by atoms with E-state index in [-0.39, 0.29) is 11.3 Å². The minimum atomic E-state index is -0.0875. The molecular formula is C10H12N2O3. The summed E-state index contributed by atoms with van der Waals surface area (Å²) >= 11 is 0. The van der Waals surface area contributed by atoms with Crippen LogP contribution in [-0.2, 0) is 11.4 Å². The maximum Gasteiger partial charge on any atom is 0.137 e. The number of hydrogen-bond donors (Lipinski definition) is 2. The highest BCUT2D eigenvalue weighted by molar-refractivity contribution is 5.51. The summed E-state index contributed by atoms with van der Waals surface area (Å²) in [4.78, 5) is 4.70. The molecule has 1 aromatic rings. The van der Waals surface area contributed by atoms with E-state index in [1.165, 1.54) is 20.3 Å². The number of hydrogen-bond acceptors (Lipinski definition) is 5. The van der Waals surface area contributed by atoms with Crippen molar-refractivity contribution in [3.8, 4) is 17.6 Å². The van der Waals surface area contributed by atoms with Gasteiger partial charge in [0.1, 0.15) is 17.6 Å². The number of nitriles is 1. The number of hydroxylamine groups is 1. The Balaban J connectivity index is 3.06. The van der Waals surface area contributed by atoms with Gasteiger partial charge in [0.15, 0.2) is 0 Å². The molecule has 5 heteroatoms. The monoisotopic (exact) mass is 208 g/mol. The molecule has 0 aliphatic heterocycles. The lowest BCUT2D eigenvalue weighted by Crippen LogP contribution is -2.11. The molecule has 0 spiro atoms. The number of methoxy groups -OCH3 is 1. The lowest BCUT2D eigenvalue weighted by Gasteiger charge is -2.09. The second kappa shape index (κ2) is 5.20. The maximum atomic E-state index is 9.42. The van der Waals surface area contributed by atoms with Crippen LogP contribution in [0.15, 0.2) is 12.1 Å². The third kappa shape index (κ3) is 2.59. The van der Waals surface area contributed by atoms with E-state index < -0.39 is 0 Å². The fourth-order valence-electron chi connectivity index (χ4n) is 1.18. The Bertz CT molecular complexity index is 385. The van der Waals surface area contributed by atoms with Gasteiger partial charge in [-0.05, 0) is 6.07 Å². The van der Waals surface area contributed by atoms with E-state index in [2.05, 4.69) is 5.48 Å². The van der Waals surface area contributed by atoms with Crippen molar-refractivity contribution in [1.29, 1.82) is 5.26 Å². The van der Waals surface area contributed by atoms with Crippen LogP contribution in [0.5, 0.6) is 11.5 Å². The zero-order valence-electron chi connectivity index (χ0n) is 8.57. The fraction of sp³-hybridized carbons (Fsp3) is 0.300. The largest absolute Gasteiger partial charge is 0.506 e. The molecule has 15 heavy (non-hydrogen) atoms. The fourth-order valence-corrected chi connectivity index (χ4v) is 1.18. The standard InChI is InChI=1S/C10H12N2O3/c1-14-10-4-9(13)7(5-11)3-8(10)6-12-15-2/h3-4,12-13H,6H2,1-2H3. The van der Waals surface area contributed by atoms with Crippen LogP contribution in [-0.4, -0.2) is 19.3 Å². The molecule has 0 aromatic heterocycles. The second-order valence-electron chi connectivity index (χ2n) is 2.82. The minimum Gasteiger partial charge on any atom is -0.506 e. The number of nitrogens with one attached hydrogen (secondary N) is 1. The Morgan fingerprint density at radius 3 is 2.73 bits per heavy atom. The molecule has 0 radical (unpaired) electrons. The number of phenolic OH excluding ortho intramolecular Hbond substituents is 1. The molecular weight excluding hydrogens is 196 g/mol. The van der Waals surface area contributed by atoms with Gasteiger partial charge in [0.25, 0.3) is 0 Å². The summed E-state index contributed by atoms with van der Waals surface area (Å²) in [5.41, 5.74) is 3.59. The summed E-state index contributed by atoms with van der Waals surface area (Å²) in [5, 5.41) is 18.1. The van der Waals surface area contributed by atoms with Gasteiger partial charge in [-0.15, -0.1) is 0 Å². The number of ether oxygens (including phenoxy) is 1. The zero-order valence-corrected chi connectivity index (χ0v) is 8.57. The van der Waals surface area contributed by atoms with Crippen LogP contribution in [0.2, 0.25) is 0 Å². The summed E-state index contributed by atoms with van der Waals surface area (Å²) in [5.74, 6) is 0.423. The first-order valence-corrected chi connectivity index (χ1v) is 4.28. The first-order valence-electron chi connectivity index (χ1n) is 4.28. The van der Waals surface area contributed by atoms with Gasteiger partial charge in [-0.25, -0.2) is 0 Å². The van der Waals surface area contributed by atoms with Gasteiger partial charge < -0.3 is 14.7 Å². The first-order chi connectivity index (χ1) is 7.22. The zero-order chi connectivity index (χ0) is 11.3. The van der Waals surface area contributed by atoms with Crippen LogP contribution in [0, 0.1) is 11.3 Å². The van der Waals surface area contributed by atoms with Crippen molar-refractivity contribution >= 4 is 0 Å². The van der Waals surface area contributed by atoms with Crippen molar-refractivity contribution in [3.05, 3.63) is 23.3 Å². The van der Waals surface area contributed by atoms with Crippen molar-refractivity contribution in [2.24, 2.45) is 0 Å². The Labute approximate surface area is 87.8 Å². The number of aromatic hydroxyl groups is 1. The van der Waals surface area contributed by atoms with Crippen LogP contribution in [0.25, 0.3) is 0 Å². The summed E-state index contributed by atoms with van der Waals surface area (Å²) in [7, 11) is 3.00. The van der Waals surface area contributed by atoms with Crippen LogP contribution in [0.4, 0.5) is 0 Å². The van der Waals surface area contributed by atoms with Crippen molar-refractivity contribution in [2.45, 2.75) is 6.54 Å². The van der Waals surface area contributed by atoms with Gasteiger partial charge in [0.2, 0.25) is 0 Å². The summed E-state index contributed by atoms with van der Waals surface area (Å²) in [6, 6.07) is 4.85. The Morgan fingerprint density at radius 2 is 2.20 bits per heavy atom. The van der Waals surface area contributed by atoms with E-state index in [1.54, 1.807) is 6.07 Å². The van der Waals surface area contributed by atoms with E-state index in [4.69, 9.17) is 14.8 Å². The highest BCUT2D eigenvalue weighted by atomic mass is 16.6. The molecule has 2 N–H and O–H groups in total. The molecule has 0 amide bonds. The predicted octanol–water partition coefficient (Wildman–Crippen LogP) is 0.923. The lowest BCUT2D eigenvalue weighted by molar-refractivity contribution is 0.0861. The molecule has 1 aromatic carbocycles. The van der Waals surface area contributed by atoms with Gasteiger partial charge >= 0.3 is 0 Å². The molecule has 0 heterocycles. The van der Waals surface area contributed by atoms with Crippen molar-refractivity contribution in [1.82, 2.24) is 5.48 Å². The van der Waals surface area contributed by atoms with Gasteiger partial charge in [0, 0.05) is 18.2 Å². The summed E-state index contributed by atoms with van der Waals surface area (Å²) in [6.07, 6.45) is 0. The van der Waals surface area contributed by atoms with Crippen molar-refractivity contribution in [2.75, 3.05) is 14.2 Å². The van der Waals surface area contributed by atoms with E-state index in [1.807, 2.05) is 6.07 Å². The molecule has 0 atom stereocenters. The van der Waals surface area contributed by atoms with Crippen molar-refractivity contribution in [3.63, 3.8) is 0 Å². The third-order valence-corrected chi connectivity index (χ3v) is 1.93. The first kappa shape index (κ1) is 11.3. The molecule has 0 fully saturated rings. The Kier molecular flexibility index (Phi) is 3.92. The number of benzene rings is 1. The molecule has 0 saturated heterocycles. The average molecular weight is 208 g/mol. The molecule has 80 valence electrons. The SMILES string of the molecule is CONCc1cc(C#N)c(O)cc1OC. The lowest BCUT2D eigenvalue weighted by atomic mass is 10.1. The Morgan fingerprint density at radius 1 is 1.47 bits per heavy atom. The number of nitrogens with zero attached hydrogens (tertiary/aromatic N) is 1. The summed E-state index contributed by atoms with van der Waals surface area (Å²) < 4.78 is 5.06. The topological polar surface area (TPSA) is 74.5 Å². The van der Waals surface area contributed by atoms with Gasteiger partial charge in [0.05, 0.1) is 19.8 Å². The molecule has 0 saturated carbocycles. The van der Waals surface area contributed by atoms with Crippen LogP contribution >= 0.6 is 0 Å². The summed E-state index contributed by atoms with van der Waals surface area (Å²) in [6.45, 7) is 0.397. The third-order valence-electron chi connectivity index (χ3n) is 1.93. The maximum absolute atomic E-state index is 9.42. The van der Waals surface area contributed by atoms with Crippen LogP contribution in [0.3, 0.4) is 0 Å². The van der Waals surface area contributed by atoms with E-state index >= 15 is 0 Å². The number of phenols is 1. The highest BCUT2D eigenvalue weighted by Crippen LogP contribution is 2.27. The molecule has 0 aliphatic carbocycles. The smallest absolute Gasteiger partial charge is 0.137 e. The molecule has 5 nitrogen and oxygen atoms in total. The predicted molar refractivity (Wildman–Crippen MR) is 53.2 cm³/mol. The van der Waals surface area contributed by atoms with Gasteiger partial charge in [-0.2, -0.15) is 10.7 Å². The molecule has 1 rings (SSSR count). The Hall–Kier alpha value is -1.77. The molecule has 0 aliphatic rings. The number of rotatable bonds is 4. The highest BCUT2D eigenvalue weighted by Gasteiger charge is 2.09. The van der Waals surface area contributed by atoms with E-state index in [0.717, 1.165) is 5.56 Å². The van der Waals surface area contributed by atoms with Crippen LogP contribution in [0.1, 0.15) is 11.1 Å². The quantitative estimate of drug-likeness (QED) is 0.720. The molecule has 0 unspecified atom stereocenters. The van der Waals surface area contributed by atoms with Crippen LogP contribution < -0.4 is 10.2 Å². The van der Waals surface area contributed by atoms with E-state index in [0.29, 0.717) is 12.3 Å². The average Bonchev–Trinajstić information content (AvgIpc) is 2.26. The minimum absolute atomic E-state index is 0.0875. The van der Waals surface area contributed by atoms with Crippen molar-refractivity contribution < 1.29 is 14.7 Å². The second-order valence-corrected chi connectivity index (χ2v) is 2.82. The van der Waals surface area contributed by atoms with Gasteiger partial charge in [-0.1, -0.05) is 0 Å². The van der Waals surface area contributed by atoms with E-state index in [9.17, 15) is 5.11 Å². The van der Waals surface area contributed by atoms with Gasteiger partial charge in [-0.3, -0.25) is 0 Å².